The molecule has 0 spiro atoms. The first kappa shape index (κ1) is 30.0. The van der Waals surface area contributed by atoms with Gasteiger partial charge in [-0.2, -0.15) is 5.10 Å². The summed E-state index contributed by atoms with van der Waals surface area (Å²) in [5, 5.41) is 19.9. The molecule has 0 saturated heterocycles. The Morgan fingerprint density at radius 2 is 1.77 bits per heavy atom. The molecule has 0 unspecified atom stereocenters. The molecule has 0 aliphatic heterocycles. The van der Waals surface area contributed by atoms with Crippen molar-refractivity contribution in [3.05, 3.63) is 82.8 Å². The molecule has 0 atom stereocenters. The van der Waals surface area contributed by atoms with Crippen molar-refractivity contribution in [2.24, 2.45) is 0 Å². The summed E-state index contributed by atoms with van der Waals surface area (Å²) in [6.07, 6.45) is 4.48. The monoisotopic (exact) mass is 600 g/mol. The zero-order valence-corrected chi connectivity index (χ0v) is 24.5. The van der Waals surface area contributed by atoms with Crippen LogP contribution in [0.15, 0.2) is 55.0 Å². The number of aromatic nitrogens is 3. The van der Waals surface area contributed by atoms with Gasteiger partial charge in [0.1, 0.15) is 17.6 Å². The zero-order chi connectivity index (χ0) is 31.4. The molecule has 228 valence electrons. The average Bonchev–Trinajstić information content (AvgIpc) is 3.76. The second kappa shape index (κ2) is 12.8. The highest BCUT2D eigenvalue weighted by molar-refractivity contribution is 6.04. The second-order valence-corrected chi connectivity index (χ2v) is 10.4. The number of phenolic OH excluding ortho intramolecular Hbond substituents is 1. The number of nitrogens with zero attached hydrogens (tertiary/aromatic N) is 4. The molecule has 1 aliphatic rings. The van der Waals surface area contributed by atoms with Crippen LogP contribution in [-0.2, 0) is 9.47 Å². The van der Waals surface area contributed by atoms with Crippen molar-refractivity contribution in [2.75, 3.05) is 18.7 Å². The van der Waals surface area contributed by atoms with Gasteiger partial charge in [-0.25, -0.2) is 24.0 Å². The minimum Gasteiger partial charge on any atom is -0.508 e. The van der Waals surface area contributed by atoms with Gasteiger partial charge in [-0.3, -0.25) is 9.59 Å². The second-order valence-electron chi connectivity index (χ2n) is 10.4. The van der Waals surface area contributed by atoms with Crippen molar-refractivity contribution in [3.8, 4) is 5.75 Å². The van der Waals surface area contributed by atoms with Crippen molar-refractivity contribution < 1.29 is 33.8 Å². The molecule has 4 aromatic rings. The quantitative estimate of drug-likeness (QED) is 0.174. The molecule has 1 saturated carbocycles. The summed E-state index contributed by atoms with van der Waals surface area (Å²) in [6, 6.07) is 10.5. The molecule has 1 aliphatic carbocycles. The van der Waals surface area contributed by atoms with Crippen molar-refractivity contribution in [1.82, 2.24) is 24.8 Å². The van der Waals surface area contributed by atoms with Crippen LogP contribution in [-0.4, -0.2) is 67.9 Å². The van der Waals surface area contributed by atoms with Gasteiger partial charge in [0, 0.05) is 30.0 Å². The van der Waals surface area contributed by atoms with Gasteiger partial charge in [0.25, 0.3) is 11.8 Å². The van der Waals surface area contributed by atoms with E-state index in [1.807, 2.05) is 13.8 Å². The minimum absolute atomic E-state index is 0.0104. The maximum absolute atomic E-state index is 13.5. The molecular weight excluding hydrogens is 568 g/mol. The fraction of sp³-hybridized carbons (Fsp3) is 0.290. The highest BCUT2D eigenvalue weighted by atomic mass is 16.7. The Morgan fingerprint density at radius 3 is 2.48 bits per heavy atom. The summed E-state index contributed by atoms with van der Waals surface area (Å²) in [6.45, 7) is 4.86. The van der Waals surface area contributed by atoms with E-state index >= 15 is 0 Å². The Hall–Kier alpha value is -5.46. The predicted octanol–water partition coefficient (Wildman–Crippen LogP) is 4.49. The van der Waals surface area contributed by atoms with Gasteiger partial charge in [0.2, 0.25) is 6.79 Å². The maximum Gasteiger partial charge on any atom is 0.419 e. The number of carbonyl (C=O) groups excluding carboxylic acids is 4. The largest absolute Gasteiger partial charge is 0.508 e. The number of carbonyl (C=O) groups is 4. The fourth-order valence-corrected chi connectivity index (χ4v) is 4.54. The molecule has 3 amide bonds. The third-order valence-corrected chi connectivity index (χ3v) is 7.11. The van der Waals surface area contributed by atoms with Crippen LogP contribution in [0, 0.1) is 13.8 Å². The Bertz CT molecular complexity index is 1730. The third-order valence-electron chi connectivity index (χ3n) is 7.11. The number of rotatable bonds is 10. The Kier molecular flexibility index (Phi) is 8.74. The van der Waals surface area contributed by atoms with E-state index < -0.39 is 24.8 Å². The number of phenols is 1. The van der Waals surface area contributed by atoms with E-state index in [-0.39, 0.29) is 35.4 Å². The van der Waals surface area contributed by atoms with Gasteiger partial charge in [-0.1, -0.05) is 13.0 Å². The lowest BCUT2D eigenvalue weighted by Gasteiger charge is -2.20. The number of aryl methyl sites for hydroxylation is 2. The van der Waals surface area contributed by atoms with Crippen LogP contribution in [0.1, 0.15) is 68.4 Å². The normalized spacial score (nSPS) is 12.4. The van der Waals surface area contributed by atoms with Gasteiger partial charge in [-0.05, 0) is 80.6 Å². The molecule has 0 bridgehead atoms. The molecular formula is C31H32N6O7. The number of hydrogen-bond donors (Lipinski definition) is 3. The smallest absolute Gasteiger partial charge is 0.419 e. The maximum atomic E-state index is 13.5. The topological polar surface area (TPSA) is 164 Å². The lowest BCUT2D eigenvalue weighted by atomic mass is 10.1. The van der Waals surface area contributed by atoms with Crippen molar-refractivity contribution in [3.63, 3.8) is 0 Å². The molecule has 1 fully saturated rings. The highest BCUT2D eigenvalue weighted by Gasteiger charge is 2.27. The van der Waals surface area contributed by atoms with Crippen LogP contribution in [0.2, 0.25) is 0 Å². The first-order chi connectivity index (χ1) is 21.2. The van der Waals surface area contributed by atoms with E-state index in [2.05, 4.69) is 20.7 Å². The molecule has 13 nitrogen and oxygen atoms in total. The third kappa shape index (κ3) is 6.61. The SMILES string of the molecule is CCCN(C(=O)OCOC(=O)c1ccc(O)cc1)C(=O)c1ccc(C)c(Nc2ncnn3cc(C(=O)NC4CC4)c(C)c23)c1. The number of esters is 1. The van der Waals surface area contributed by atoms with Crippen LogP contribution in [0.3, 0.4) is 0 Å². The minimum atomic E-state index is -0.969. The molecule has 2 heterocycles. The van der Waals surface area contributed by atoms with E-state index in [1.165, 1.54) is 30.6 Å². The first-order valence-corrected chi connectivity index (χ1v) is 14.1. The van der Waals surface area contributed by atoms with E-state index in [1.54, 1.807) is 35.8 Å². The van der Waals surface area contributed by atoms with Crippen LogP contribution in [0.25, 0.3) is 5.52 Å². The predicted molar refractivity (Wildman–Crippen MR) is 159 cm³/mol. The summed E-state index contributed by atoms with van der Waals surface area (Å²) >= 11 is 0. The van der Waals surface area contributed by atoms with Gasteiger partial charge in [-0.15, -0.1) is 0 Å². The molecule has 44 heavy (non-hydrogen) atoms. The van der Waals surface area contributed by atoms with Crippen LogP contribution in [0.5, 0.6) is 5.75 Å². The van der Waals surface area contributed by atoms with Gasteiger partial charge < -0.3 is 25.2 Å². The van der Waals surface area contributed by atoms with Crippen LogP contribution in [0.4, 0.5) is 16.3 Å². The van der Waals surface area contributed by atoms with E-state index in [4.69, 9.17) is 9.47 Å². The number of benzene rings is 2. The summed E-state index contributed by atoms with van der Waals surface area (Å²) in [7, 11) is 0. The van der Waals surface area contributed by atoms with Gasteiger partial charge in [0.05, 0.1) is 11.1 Å². The fourth-order valence-electron chi connectivity index (χ4n) is 4.54. The van der Waals surface area contributed by atoms with E-state index in [0.717, 1.165) is 23.3 Å². The summed E-state index contributed by atoms with van der Waals surface area (Å²) in [5.74, 6) is -1.09. The van der Waals surface area contributed by atoms with Crippen molar-refractivity contribution >= 4 is 40.9 Å². The molecule has 0 radical (unpaired) electrons. The number of imide groups is 1. The van der Waals surface area contributed by atoms with Crippen LogP contribution < -0.4 is 10.6 Å². The molecule has 13 heteroatoms. The Morgan fingerprint density at radius 1 is 1.05 bits per heavy atom. The highest BCUT2D eigenvalue weighted by Crippen LogP contribution is 2.28. The Balaban J connectivity index is 1.30. The summed E-state index contributed by atoms with van der Waals surface area (Å²) in [5.41, 5.74) is 3.57. The number of aromatic hydroxyl groups is 1. The lowest BCUT2D eigenvalue weighted by Crippen LogP contribution is -2.38. The number of anilines is 2. The van der Waals surface area contributed by atoms with Crippen molar-refractivity contribution in [1.29, 1.82) is 0 Å². The van der Waals surface area contributed by atoms with Crippen LogP contribution >= 0.6 is 0 Å². The van der Waals surface area contributed by atoms with E-state index in [0.29, 0.717) is 34.6 Å². The molecule has 2 aromatic heterocycles. The molecule has 5 rings (SSSR count). The first-order valence-electron chi connectivity index (χ1n) is 14.1. The van der Waals surface area contributed by atoms with E-state index in [9.17, 15) is 24.3 Å². The molecule has 2 aromatic carbocycles. The number of ether oxygens (including phenoxy) is 2. The number of amides is 3. The van der Waals surface area contributed by atoms with Gasteiger partial charge in [0.15, 0.2) is 5.82 Å². The standard InChI is InChI=1S/C31H32N6O7/c1-4-13-36(31(42)44-17-43-30(41)20-7-11-23(38)12-8-20)29(40)21-6-5-18(2)25(14-21)35-27-26-19(3)24(15-37(26)33-16-32-27)28(39)34-22-9-10-22/h5-8,11-12,14-16,22,38H,4,9-10,13,17H2,1-3H3,(H,34,39)(H,32,33,35). The molecule has 3 N–H and O–H groups in total. The lowest BCUT2D eigenvalue weighted by molar-refractivity contribution is -0.0105. The number of hydrogen-bond acceptors (Lipinski definition) is 10. The summed E-state index contributed by atoms with van der Waals surface area (Å²) in [4.78, 5) is 56.6. The number of nitrogens with one attached hydrogen (secondary N) is 2. The zero-order valence-electron chi connectivity index (χ0n) is 24.5. The number of fused-ring (bicyclic) bond motifs is 1. The summed E-state index contributed by atoms with van der Waals surface area (Å²) < 4.78 is 11.7. The Labute approximate surface area is 252 Å². The van der Waals surface area contributed by atoms with Gasteiger partial charge >= 0.3 is 12.1 Å². The average molecular weight is 601 g/mol. The van der Waals surface area contributed by atoms with Crippen molar-refractivity contribution in [2.45, 2.75) is 46.1 Å².